The van der Waals surface area contributed by atoms with E-state index < -0.39 is 17.2 Å². The normalized spacial score (nSPS) is 13.8. The number of carbonyl (C=O) groups is 2. The van der Waals surface area contributed by atoms with Crippen LogP contribution in [0.4, 0.5) is 0 Å². The molecule has 1 amide bonds. The Morgan fingerprint density at radius 2 is 2.00 bits per heavy atom. The van der Waals surface area contributed by atoms with Crippen LogP contribution in [0.3, 0.4) is 0 Å². The number of aromatic nitrogens is 4. The molecule has 10 heteroatoms. The van der Waals surface area contributed by atoms with Gasteiger partial charge in [-0.3, -0.25) is 23.5 Å². The van der Waals surface area contributed by atoms with Crippen molar-refractivity contribution in [3.05, 3.63) is 27.2 Å². The lowest BCUT2D eigenvalue weighted by Gasteiger charge is -2.07. The molecule has 2 aromatic rings. The highest BCUT2D eigenvalue weighted by molar-refractivity contribution is 5.80. The zero-order chi connectivity index (χ0) is 18.8. The summed E-state index contributed by atoms with van der Waals surface area (Å²) >= 11 is 0. The highest BCUT2D eigenvalue weighted by Crippen LogP contribution is 2.18. The molecule has 0 atom stereocenters. The molecule has 2 heterocycles. The molecule has 1 saturated carbocycles. The average molecular weight is 363 g/mol. The molecule has 0 aromatic carbocycles. The molecule has 10 nitrogen and oxygen atoms in total. The van der Waals surface area contributed by atoms with Gasteiger partial charge in [0.2, 0.25) is 0 Å². The number of amides is 1. The van der Waals surface area contributed by atoms with Crippen molar-refractivity contribution in [3.63, 3.8) is 0 Å². The summed E-state index contributed by atoms with van der Waals surface area (Å²) in [7, 11) is 2.96. The first-order chi connectivity index (χ1) is 12.4. The first kappa shape index (κ1) is 17.9. The number of ether oxygens (including phenoxy) is 1. The molecule has 0 spiro atoms. The fraction of sp³-hybridized carbons (Fsp3) is 0.562. The second kappa shape index (κ2) is 7.14. The van der Waals surface area contributed by atoms with Crippen LogP contribution in [0.25, 0.3) is 11.2 Å². The van der Waals surface area contributed by atoms with Crippen molar-refractivity contribution in [2.45, 2.75) is 38.3 Å². The summed E-state index contributed by atoms with van der Waals surface area (Å²) < 4.78 is 8.87. The Labute approximate surface area is 148 Å². The predicted octanol–water partition coefficient (Wildman–Crippen LogP) is -0.964. The third kappa shape index (κ3) is 3.68. The van der Waals surface area contributed by atoms with E-state index in [0.29, 0.717) is 24.1 Å². The highest BCUT2D eigenvalue weighted by atomic mass is 16.5. The van der Waals surface area contributed by atoms with E-state index in [-0.39, 0.29) is 25.0 Å². The molecular weight excluding hydrogens is 342 g/mol. The van der Waals surface area contributed by atoms with E-state index in [1.807, 2.05) is 0 Å². The maximum Gasteiger partial charge on any atom is 0.332 e. The van der Waals surface area contributed by atoms with Gasteiger partial charge >= 0.3 is 11.7 Å². The molecule has 26 heavy (non-hydrogen) atoms. The van der Waals surface area contributed by atoms with Gasteiger partial charge in [-0.2, -0.15) is 0 Å². The summed E-state index contributed by atoms with van der Waals surface area (Å²) in [5, 5.41) is 2.74. The van der Waals surface area contributed by atoms with Gasteiger partial charge in [0.05, 0.1) is 6.33 Å². The highest BCUT2D eigenvalue weighted by Gasteiger charge is 2.23. The van der Waals surface area contributed by atoms with Crippen LogP contribution in [-0.2, 0) is 35.0 Å². The van der Waals surface area contributed by atoms with Crippen LogP contribution in [0.2, 0.25) is 0 Å². The molecular formula is C16H21N5O5. The number of hydrogen-bond donors (Lipinski definition) is 1. The van der Waals surface area contributed by atoms with E-state index in [1.165, 1.54) is 17.9 Å². The van der Waals surface area contributed by atoms with E-state index in [9.17, 15) is 19.2 Å². The molecule has 1 fully saturated rings. The number of nitrogens with zero attached hydrogens (tertiary/aromatic N) is 4. The third-order valence-electron chi connectivity index (χ3n) is 4.30. The minimum atomic E-state index is -0.472. The Morgan fingerprint density at radius 1 is 1.27 bits per heavy atom. The Bertz CT molecular complexity index is 966. The largest absolute Gasteiger partial charge is 0.456 e. The number of imidazole rings is 1. The number of nitrogens with one attached hydrogen (secondary N) is 1. The Kier molecular flexibility index (Phi) is 4.92. The Hall–Kier alpha value is -2.91. The van der Waals surface area contributed by atoms with Crippen LogP contribution in [0, 0.1) is 0 Å². The first-order valence-electron chi connectivity index (χ1n) is 8.44. The SMILES string of the molecule is Cn1c(=O)c2c(ncn2CCCC(=O)OCC(=O)NC2CC2)n(C)c1=O. The van der Waals surface area contributed by atoms with Gasteiger partial charge in [0.1, 0.15) is 0 Å². The second-order valence-corrected chi connectivity index (χ2v) is 6.42. The fourth-order valence-electron chi connectivity index (χ4n) is 2.68. The van der Waals surface area contributed by atoms with Crippen molar-refractivity contribution in [1.29, 1.82) is 0 Å². The maximum atomic E-state index is 12.3. The molecule has 3 rings (SSSR count). The fourth-order valence-corrected chi connectivity index (χ4v) is 2.68. The summed E-state index contributed by atoms with van der Waals surface area (Å²) in [6.45, 7) is 0.0965. The third-order valence-corrected chi connectivity index (χ3v) is 4.30. The van der Waals surface area contributed by atoms with Crippen LogP contribution in [0.1, 0.15) is 25.7 Å². The first-order valence-corrected chi connectivity index (χ1v) is 8.44. The molecule has 0 radical (unpaired) electrons. The number of rotatable bonds is 7. The summed E-state index contributed by atoms with van der Waals surface area (Å²) in [4.78, 5) is 51.5. The van der Waals surface area contributed by atoms with Crippen molar-refractivity contribution in [3.8, 4) is 0 Å². The Balaban J connectivity index is 1.56. The molecule has 0 unspecified atom stereocenters. The molecule has 0 aliphatic heterocycles. The number of fused-ring (bicyclic) bond motifs is 1. The van der Waals surface area contributed by atoms with Crippen LogP contribution in [0.5, 0.6) is 0 Å². The van der Waals surface area contributed by atoms with Gasteiger partial charge in [0.15, 0.2) is 17.8 Å². The standard InChI is InChI=1S/C16H21N5O5/c1-19-14-13(15(24)20(2)16(19)25)21(9-17-14)7-3-4-12(23)26-8-11(22)18-10-5-6-10/h9-10H,3-8H2,1-2H3,(H,18,22). The zero-order valence-electron chi connectivity index (χ0n) is 14.7. The van der Waals surface area contributed by atoms with Crippen LogP contribution in [-0.4, -0.2) is 43.2 Å². The van der Waals surface area contributed by atoms with Gasteiger partial charge in [0.25, 0.3) is 11.5 Å². The van der Waals surface area contributed by atoms with Crippen LogP contribution >= 0.6 is 0 Å². The van der Waals surface area contributed by atoms with Gasteiger partial charge in [-0.05, 0) is 19.3 Å². The van der Waals surface area contributed by atoms with Crippen LogP contribution in [0.15, 0.2) is 15.9 Å². The average Bonchev–Trinajstić information content (AvgIpc) is 3.32. The van der Waals surface area contributed by atoms with Gasteiger partial charge < -0.3 is 14.6 Å². The minimum absolute atomic E-state index is 0.114. The van der Waals surface area contributed by atoms with Gasteiger partial charge in [0, 0.05) is 33.1 Å². The molecule has 0 saturated heterocycles. The second-order valence-electron chi connectivity index (χ2n) is 6.42. The van der Waals surface area contributed by atoms with E-state index in [1.54, 1.807) is 11.6 Å². The summed E-state index contributed by atoms with van der Waals surface area (Å²) in [5.74, 6) is -0.758. The van der Waals surface area contributed by atoms with Crippen molar-refractivity contribution in [2.24, 2.45) is 14.1 Å². The maximum absolute atomic E-state index is 12.3. The predicted molar refractivity (Wildman–Crippen MR) is 91.6 cm³/mol. The number of aryl methyl sites for hydroxylation is 2. The summed E-state index contributed by atoms with van der Waals surface area (Å²) in [6.07, 6.45) is 3.95. The molecule has 1 aliphatic carbocycles. The Morgan fingerprint density at radius 3 is 2.69 bits per heavy atom. The van der Waals surface area contributed by atoms with Crippen molar-refractivity contribution < 1.29 is 14.3 Å². The molecule has 1 N–H and O–H groups in total. The number of esters is 1. The van der Waals surface area contributed by atoms with Gasteiger partial charge in [-0.15, -0.1) is 0 Å². The zero-order valence-corrected chi connectivity index (χ0v) is 14.7. The van der Waals surface area contributed by atoms with Crippen molar-refractivity contribution in [1.82, 2.24) is 24.0 Å². The molecule has 2 aromatic heterocycles. The lowest BCUT2D eigenvalue weighted by atomic mass is 10.3. The summed E-state index contributed by atoms with van der Waals surface area (Å²) in [5.41, 5.74) is -0.259. The van der Waals surface area contributed by atoms with E-state index >= 15 is 0 Å². The van der Waals surface area contributed by atoms with Crippen molar-refractivity contribution in [2.75, 3.05) is 6.61 Å². The number of carbonyl (C=O) groups excluding carboxylic acids is 2. The quantitative estimate of drug-likeness (QED) is 0.633. The van der Waals surface area contributed by atoms with Crippen molar-refractivity contribution >= 4 is 23.0 Å². The summed E-state index contributed by atoms with van der Waals surface area (Å²) in [6, 6.07) is 0.231. The van der Waals surface area contributed by atoms with E-state index in [0.717, 1.165) is 17.4 Å². The smallest absolute Gasteiger partial charge is 0.332 e. The lowest BCUT2D eigenvalue weighted by Crippen LogP contribution is -2.37. The molecule has 140 valence electrons. The monoisotopic (exact) mass is 363 g/mol. The topological polar surface area (TPSA) is 117 Å². The molecule has 0 bridgehead atoms. The van der Waals surface area contributed by atoms with Gasteiger partial charge in [-0.25, -0.2) is 9.78 Å². The molecule has 1 aliphatic rings. The minimum Gasteiger partial charge on any atom is -0.456 e. The van der Waals surface area contributed by atoms with Gasteiger partial charge in [-0.1, -0.05) is 0 Å². The van der Waals surface area contributed by atoms with E-state index in [4.69, 9.17) is 4.74 Å². The number of hydrogen-bond acceptors (Lipinski definition) is 6. The van der Waals surface area contributed by atoms with E-state index in [2.05, 4.69) is 10.3 Å². The lowest BCUT2D eigenvalue weighted by molar-refractivity contribution is -0.148. The van der Waals surface area contributed by atoms with Crippen LogP contribution < -0.4 is 16.6 Å².